The van der Waals surface area contributed by atoms with Gasteiger partial charge in [-0.1, -0.05) is 51.1 Å². The fourth-order valence-electron chi connectivity index (χ4n) is 2.08. The van der Waals surface area contributed by atoms with Gasteiger partial charge in [-0.25, -0.2) is 4.79 Å². The van der Waals surface area contributed by atoms with E-state index in [0.29, 0.717) is 19.6 Å². The average molecular weight is 381 g/mol. The first-order chi connectivity index (χ1) is 11.8. The van der Waals surface area contributed by atoms with Gasteiger partial charge in [0.15, 0.2) is 8.32 Å². The van der Waals surface area contributed by atoms with Crippen LogP contribution in [0, 0.1) is 0 Å². The van der Waals surface area contributed by atoms with Crippen molar-refractivity contribution in [1.29, 1.82) is 0 Å². The molecule has 4 nitrogen and oxygen atoms in total. The minimum absolute atomic E-state index is 0.0260. The van der Waals surface area contributed by atoms with E-state index in [1.54, 1.807) is 0 Å². The van der Waals surface area contributed by atoms with Gasteiger partial charge in [-0.15, -0.1) is 0 Å². The molecule has 0 amide bonds. The first kappa shape index (κ1) is 22.9. The van der Waals surface area contributed by atoms with Crippen molar-refractivity contribution in [2.24, 2.45) is 0 Å². The maximum Gasteiger partial charge on any atom is 0.334 e. The topological polar surface area (TPSA) is 44.8 Å². The Balaban J connectivity index is 2.69. The van der Waals surface area contributed by atoms with Crippen LogP contribution in [0.5, 0.6) is 0 Å². The minimum Gasteiger partial charge on any atom is -0.458 e. The molecule has 0 heterocycles. The highest BCUT2D eigenvalue weighted by Gasteiger charge is 2.41. The van der Waals surface area contributed by atoms with Crippen LogP contribution in [0.25, 0.3) is 0 Å². The molecule has 0 bridgehead atoms. The van der Waals surface area contributed by atoms with Gasteiger partial charge < -0.3 is 13.9 Å². The third-order valence-electron chi connectivity index (χ3n) is 4.55. The Kier molecular flexibility index (Phi) is 8.05. The largest absolute Gasteiger partial charge is 0.458 e. The fourth-order valence-corrected chi connectivity index (χ4v) is 3.36. The summed E-state index contributed by atoms with van der Waals surface area (Å²) in [6, 6.07) is 10.0. The maximum absolute atomic E-state index is 12.6. The van der Waals surface area contributed by atoms with Gasteiger partial charge in [0.05, 0.1) is 13.2 Å². The van der Waals surface area contributed by atoms with Crippen LogP contribution >= 0.6 is 0 Å². The van der Waals surface area contributed by atoms with E-state index in [1.807, 2.05) is 51.1 Å². The highest BCUT2D eigenvalue weighted by Crippen LogP contribution is 2.37. The summed E-state index contributed by atoms with van der Waals surface area (Å²) in [4.78, 5) is 12.6. The van der Waals surface area contributed by atoms with E-state index < -0.39 is 20.0 Å². The molecule has 0 aliphatic heterocycles. The van der Waals surface area contributed by atoms with Crippen LogP contribution in [0.1, 0.15) is 53.5 Å². The molecule has 1 rings (SSSR count). The molecule has 0 unspecified atom stereocenters. The lowest BCUT2D eigenvalue weighted by molar-refractivity contribution is -0.165. The van der Waals surface area contributed by atoms with Crippen molar-refractivity contribution in [2.75, 3.05) is 6.61 Å². The van der Waals surface area contributed by atoms with Crippen molar-refractivity contribution in [1.82, 2.24) is 0 Å². The molecule has 5 heteroatoms. The van der Waals surface area contributed by atoms with E-state index in [2.05, 4.69) is 33.9 Å². The Bertz CT molecular complexity index is 556. The molecule has 0 fully saturated rings. The van der Waals surface area contributed by atoms with Crippen LogP contribution in [-0.4, -0.2) is 32.6 Å². The zero-order chi connectivity index (χ0) is 20.0. The van der Waals surface area contributed by atoms with Gasteiger partial charge in [0.1, 0.15) is 11.7 Å². The molecule has 0 saturated heterocycles. The molecule has 0 aliphatic carbocycles. The zero-order valence-electron chi connectivity index (χ0n) is 17.7. The van der Waals surface area contributed by atoms with Crippen molar-refractivity contribution in [3.8, 4) is 0 Å². The highest BCUT2D eigenvalue weighted by atomic mass is 28.4. The van der Waals surface area contributed by atoms with Gasteiger partial charge >= 0.3 is 5.97 Å². The van der Waals surface area contributed by atoms with Crippen LogP contribution in [0.3, 0.4) is 0 Å². The summed E-state index contributed by atoms with van der Waals surface area (Å²) >= 11 is 0. The van der Waals surface area contributed by atoms with Crippen LogP contribution in [0.2, 0.25) is 18.1 Å². The predicted octanol–water partition coefficient (Wildman–Crippen LogP) is 5.33. The molecule has 1 aromatic rings. The van der Waals surface area contributed by atoms with E-state index in [4.69, 9.17) is 13.9 Å². The second-order valence-electron chi connectivity index (χ2n) is 9.23. The molecule has 1 atom stereocenters. The number of hydrogen-bond donors (Lipinski definition) is 0. The van der Waals surface area contributed by atoms with Gasteiger partial charge in [-0.3, -0.25) is 0 Å². The van der Waals surface area contributed by atoms with Crippen molar-refractivity contribution < 1.29 is 18.7 Å². The van der Waals surface area contributed by atoms with Crippen LogP contribution in [0.15, 0.2) is 30.3 Å². The molecule has 148 valence electrons. The van der Waals surface area contributed by atoms with Gasteiger partial charge in [0.25, 0.3) is 0 Å². The number of carbonyl (C=O) groups excluding carboxylic acids is 1. The lowest BCUT2D eigenvalue weighted by atomic mass is 10.2. The second-order valence-corrected chi connectivity index (χ2v) is 14.0. The molecule has 0 N–H and O–H groups in total. The molecule has 1 aromatic carbocycles. The SMILES string of the molecule is CC(C)(C)OC(=O)[C@H](CCOCc1ccccc1)O[Si](C)(C)C(C)(C)C. The highest BCUT2D eigenvalue weighted by molar-refractivity contribution is 6.74. The normalized spacial score (nSPS) is 14.2. The second kappa shape index (κ2) is 9.15. The minimum atomic E-state index is -2.09. The smallest absolute Gasteiger partial charge is 0.334 e. The Labute approximate surface area is 160 Å². The predicted molar refractivity (Wildman–Crippen MR) is 109 cm³/mol. The Hall–Kier alpha value is -1.17. The Morgan fingerprint density at radius 1 is 1.04 bits per heavy atom. The van der Waals surface area contributed by atoms with Crippen molar-refractivity contribution in [3.63, 3.8) is 0 Å². The quantitative estimate of drug-likeness (QED) is 0.347. The molecule has 0 radical (unpaired) electrons. The van der Waals surface area contributed by atoms with E-state index >= 15 is 0 Å². The van der Waals surface area contributed by atoms with Gasteiger partial charge in [-0.05, 0) is 44.5 Å². The van der Waals surface area contributed by atoms with E-state index in [0.717, 1.165) is 5.56 Å². The molecule has 0 spiro atoms. The van der Waals surface area contributed by atoms with Crippen molar-refractivity contribution in [2.45, 2.75) is 84.4 Å². The third-order valence-corrected chi connectivity index (χ3v) is 9.03. The van der Waals surface area contributed by atoms with Gasteiger partial charge in [-0.2, -0.15) is 0 Å². The van der Waals surface area contributed by atoms with Crippen molar-refractivity contribution in [3.05, 3.63) is 35.9 Å². The Morgan fingerprint density at radius 3 is 2.12 bits per heavy atom. The van der Waals surface area contributed by atoms with Crippen LogP contribution in [0.4, 0.5) is 0 Å². The first-order valence-electron chi connectivity index (χ1n) is 9.34. The number of esters is 1. The monoisotopic (exact) mass is 380 g/mol. The summed E-state index contributed by atoms with van der Waals surface area (Å²) in [5.74, 6) is -0.300. The summed E-state index contributed by atoms with van der Waals surface area (Å²) in [6.07, 6.45) is -0.0975. The number of rotatable bonds is 8. The molecular formula is C21H36O4Si. The molecule has 0 aliphatic rings. The van der Waals surface area contributed by atoms with Gasteiger partial charge in [0, 0.05) is 6.42 Å². The summed E-state index contributed by atoms with van der Waals surface area (Å²) in [6.45, 7) is 17.4. The summed E-state index contributed by atoms with van der Waals surface area (Å²) in [5, 5.41) is 0.0260. The maximum atomic E-state index is 12.6. The average Bonchev–Trinajstić information content (AvgIpc) is 2.48. The third kappa shape index (κ3) is 8.02. The summed E-state index contributed by atoms with van der Waals surface area (Å²) in [5.41, 5.74) is 0.587. The number of hydrogen-bond acceptors (Lipinski definition) is 4. The summed E-state index contributed by atoms with van der Waals surface area (Å²) in [7, 11) is -2.09. The number of carbonyl (C=O) groups is 1. The van der Waals surface area contributed by atoms with E-state index in [1.165, 1.54) is 0 Å². The lowest BCUT2D eigenvalue weighted by Gasteiger charge is -2.39. The van der Waals surface area contributed by atoms with Gasteiger partial charge in [0.2, 0.25) is 0 Å². The molecular weight excluding hydrogens is 344 g/mol. The first-order valence-corrected chi connectivity index (χ1v) is 12.2. The van der Waals surface area contributed by atoms with Crippen LogP contribution in [-0.2, 0) is 25.3 Å². The van der Waals surface area contributed by atoms with Crippen molar-refractivity contribution >= 4 is 14.3 Å². The molecule has 26 heavy (non-hydrogen) atoms. The lowest BCUT2D eigenvalue weighted by Crippen LogP contribution is -2.47. The fraction of sp³-hybridized carbons (Fsp3) is 0.667. The number of ether oxygens (including phenoxy) is 2. The van der Waals surface area contributed by atoms with E-state index in [-0.39, 0.29) is 11.0 Å². The molecule has 0 saturated carbocycles. The summed E-state index contributed by atoms with van der Waals surface area (Å²) < 4.78 is 17.7. The molecule has 0 aromatic heterocycles. The standard InChI is InChI=1S/C21H36O4Si/c1-20(2,3)24-19(22)18(25-26(7,8)21(4,5)6)14-15-23-16-17-12-10-9-11-13-17/h9-13,18H,14-16H2,1-8H3/t18-/m0/s1. The van der Waals surface area contributed by atoms with Crippen LogP contribution < -0.4 is 0 Å². The Morgan fingerprint density at radius 2 is 1.62 bits per heavy atom. The zero-order valence-corrected chi connectivity index (χ0v) is 18.7. The number of benzene rings is 1. The van der Waals surface area contributed by atoms with E-state index in [9.17, 15) is 4.79 Å².